The Morgan fingerprint density at radius 3 is 2.62 bits per heavy atom. The molecule has 2 fully saturated rings. The zero-order valence-corrected chi connectivity index (χ0v) is 15.4. The number of hydrogen-bond donors (Lipinski definition) is 1. The van der Waals surface area contributed by atoms with E-state index in [-0.39, 0.29) is 18.4 Å². The highest BCUT2D eigenvalue weighted by Gasteiger charge is 2.30. The van der Waals surface area contributed by atoms with Gasteiger partial charge in [0.1, 0.15) is 5.75 Å². The maximum absolute atomic E-state index is 12.6. The van der Waals surface area contributed by atoms with Crippen LogP contribution in [-0.2, 0) is 9.53 Å². The summed E-state index contributed by atoms with van der Waals surface area (Å²) < 4.78 is 11.1. The number of carbonyl (C=O) groups is 1. The molecule has 2 aliphatic rings. The van der Waals surface area contributed by atoms with Crippen LogP contribution < -0.4 is 4.74 Å². The third-order valence-electron chi connectivity index (χ3n) is 5.18. The topological polar surface area (TPSA) is 62.2 Å². The second-order valence-electron chi connectivity index (χ2n) is 7.27. The van der Waals surface area contributed by atoms with E-state index in [0.29, 0.717) is 25.5 Å². The van der Waals surface area contributed by atoms with Crippen molar-refractivity contribution >= 4 is 5.91 Å². The average Bonchev–Trinajstić information content (AvgIpc) is 2.69. The fourth-order valence-corrected chi connectivity index (χ4v) is 3.87. The van der Waals surface area contributed by atoms with Gasteiger partial charge in [0, 0.05) is 39.3 Å². The first-order chi connectivity index (χ1) is 12.7. The summed E-state index contributed by atoms with van der Waals surface area (Å²) in [4.78, 5) is 17.0. The Labute approximate surface area is 155 Å². The van der Waals surface area contributed by atoms with E-state index in [1.54, 1.807) is 0 Å². The van der Waals surface area contributed by atoms with Gasteiger partial charge in [0.25, 0.3) is 0 Å². The third kappa shape index (κ3) is 5.69. The molecular formula is C20H30N2O4. The number of likely N-dealkylation sites (tertiary alicyclic amines) is 1. The second kappa shape index (κ2) is 9.90. The number of amides is 1. The van der Waals surface area contributed by atoms with Crippen molar-refractivity contribution in [1.82, 2.24) is 9.80 Å². The van der Waals surface area contributed by atoms with Crippen LogP contribution in [0.5, 0.6) is 5.75 Å². The Morgan fingerprint density at radius 2 is 1.88 bits per heavy atom. The predicted octanol–water partition coefficient (Wildman–Crippen LogP) is 1.24. The molecule has 26 heavy (non-hydrogen) atoms. The number of nitrogens with zero attached hydrogens (tertiary/aromatic N) is 2. The molecule has 6 nitrogen and oxygen atoms in total. The van der Waals surface area contributed by atoms with Crippen LogP contribution in [0.3, 0.4) is 0 Å². The number of aliphatic hydroxyl groups is 1. The molecule has 0 aliphatic carbocycles. The highest BCUT2D eigenvalue weighted by molar-refractivity contribution is 5.76. The van der Waals surface area contributed by atoms with E-state index >= 15 is 0 Å². The van der Waals surface area contributed by atoms with Crippen molar-refractivity contribution in [3.63, 3.8) is 0 Å². The minimum Gasteiger partial charge on any atom is -0.493 e. The van der Waals surface area contributed by atoms with Gasteiger partial charge in [-0.1, -0.05) is 18.2 Å². The van der Waals surface area contributed by atoms with Gasteiger partial charge in [-0.2, -0.15) is 0 Å². The normalized spacial score (nSPS) is 24.4. The molecule has 2 atom stereocenters. The monoisotopic (exact) mass is 362 g/mol. The molecule has 0 radical (unpaired) electrons. The van der Waals surface area contributed by atoms with Gasteiger partial charge in [-0.3, -0.25) is 9.69 Å². The van der Waals surface area contributed by atoms with E-state index in [0.717, 1.165) is 51.6 Å². The number of ether oxygens (including phenoxy) is 2. The number of morpholine rings is 1. The molecular weight excluding hydrogens is 332 g/mol. The molecule has 0 unspecified atom stereocenters. The van der Waals surface area contributed by atoms with Crippen molar-refractivity contribution in [2.75, 3.05) is 59.2 Å². The third-order valence-corrected chi connectivity index (χ3v) is 5.18. The smallest absolute Gasteiger partial charge is 0.226 e. The van der Waals surface area contributed by atoms with Crippen LogP contribution in [0.15, 0.2) is 30.3 Å². The highest BCUT2D eigenvalue weighted by atomic mass is 16.5. The molecule has 144 valence electrons. The number of piperidine rings is 1. The predicted molar refractivity (Wildman–Crippen MR) is 99.1 cm³/mol. The van der Waals surface area contributed by atoms with E-state index < -0.39 is 0 Å². The Balaban J connectivity index is 1.47. The van der Waals surface area contributed by atoms with Gasteiger partial charge < -0.3 is 19.5 Å². The van der Waals surface area contributed by atoms with Gasteiger partial charge in [0.2, 0.25) is 5.91 Å². The Morgan fingerprint density at radius 1 is 1.15 bits per heavy atom. The van der Waals surface area contributed by atoms with Gasteiger partial charge in [-0.15, -0.1) is 0 Å². The van der Waals surface area contributed by atoms with Gasteiger partial charge in [0.15, 0.2) is 0 Å². The van der Waals surface area contributed by atoms with Crippen LogP contribution in [0.25, 0.3) is 0 Å². The SMILES string of the molecule is O=C(CCOc1ccccc1)N1C[C@@H](CN2CCOCC2)C[C@H](CO)C1. The molecule has 1 N–H and O–H groups in total. The summed E-state index contributed by atoms with van der Waals surface area (Å²) in [6, 6.07) is 9.57. The summed E-state index contributed by atoms with van der Waals surface area (Å²) >= 11 is 0. The summed E-state index contributed by atoms with van der Waals surface area (Å²) in [7, 11) is 0. The molecule has 2 saturated heterocycles. The first-order valence-electron chi connectivity index (χ1n) is 9.61. The molecule has 2 heterocycles. The molecule has 0 bridgehead atoms. The van der Waals surface area contributed by atoms with Crippen LogP contribution in [0.1, 0.15) is 12.8 Å². The maximum atomic E-state index is 12.6. The molecule has 1 aromatic carbocycles. The molecule has 1 aromatic rings. The molecule has 6 heteroatoms. The molecule has 0 spiro atoms. The second-order valence-corrected chi connectivity index (χ2v) is 7.27. The number of carbonyl (C=O) groups excluding carboxylic acids is 1. The van der Waals surface area contributed by atoms with E-state index in [4.69, 9.17) is 9.47 Å². The average molecular weight is 362 g/mol. The van der Waals surface area contributed by atoms with Crippen LogP contribution in [0, 0.1) is 11.8 Å². The van der Waals surface area contributed by atoms with E-state index in [2.05, 4.69) is 4.90 Å². The number of benzene rings is 1. The Kier molecular flexibility index (Phi) is 7.29. The first-order valence-corrected chi connectivity index (χ1v) is 9.61. The van der Waals surface area contributed by atoms with E-state index in [1.165, 1.54) is 0 Å². The fourth-order valence-electron chi connectivity index (χ4n) is 3.87. The quantitative estimate of drug-likeness (QED) is 0.791. The van der Waals surface area contributed by atoms with Crippen LogP contribution >= 0.6 is 0 Å². The summed E-state index contributed by atoms with van der Waals surface area (Å²) in [6.45, 7) is 6.42. The zero-order chi connectivity index (χ0) is 18.2. The van der Waals surface area contributed by atoms with Crippen LogP contribution in [0.2, 0.25) is 0 Å². The fraction of sp³-hybridized carbons (Fsp3) is 0.650. The minimum absolute atomic E-state index is 0.117. The standard InChI is InChI=1S/C20H30N2O4/c23-16-18-12-17(13-21-7-10-25-11-8-21)14-22(15-18)20(24)6-9-26-19-4-2-1-3-5-19/h1-5,17-18,23H,6-16H2/t17-,18+/m1/s1. The zero-order valence-electron chi connectivity index (χ0n) is 15.4. The summed E-state index contributed by atoms with van der Waals surface area (Å²) in [6.07, 6.45) is 1.36. The molecule has 1 amide bonds. The van der Waals surface area contributed by atoms with Gasteiger partial charge >= 0.3 is 0 Å². The van der Waals surface area contributed by atoms with Crippen LogP contribution in [0.4, 0.5) is 0 Å². The summed E-state index contributed by atoms with van der Waals surface area (Å²) in [5, 5.41) is 9.64. The number of hydrogen-bond acceptors (Lipinski definition) is 5. The Bertz CT molecular complexity index is 548. The number of para-hydroxylation sites is 1. The number of aliphatic hydroxyl groups excluding tert-OH is 1. The van der Waals surface area contributed by atoms with Crippen molar-refractivity contribution in [3.05, 3.63) is 30.3 Å². The molecule has 0 saturated carbocycles. The number of rotatable bonds is 7. The van der Waals surface area contributed by atoms with E-state index in [9.17, 15) is 9.90 Å². The van der Waals surface area contributed by atoms with E-state index in [1.807, 2.05) is 35.2 Å². The molecule has 2 aliphatic heterocycles. The maximum Gasteiger partial charge on any atom is 0.226 e. The lowest BCUT2D eigenvalue weighted by Crippen LogP contribution is -2.49. The lowest BCUT2D eigenvalue weighted by Gasteiger charge is -2.40. The lowest BCUT2D eigenvalue weighted by molar-refractivity contribution is -0.135. The van der Waals surface area contributed by atoms with Crippen LogP contribution in [-0.4, -0.2) is 80.0 Å². The Hall–Kier alpha value is -1.63. The molecule has 3 rings (SSSR count). The lowest BCUT2D eigenvalue weighted by atomic mass is 9.89. The van der Waals surface area contributed by atoms with Crippen molar-refractivity contribution in [1.29, 1.82) is 0 Å². The van der Waals surface area contributed by atoms with Crippen molar-refractivity contribution in [3.8, 4) is 5.75 Å². The highest BCUT2D eigenvalue weighted by Crippen LogP contribution is 2.23. The van der Waals surface area contributed by atoms with Gasteiger partial charge in [0.05, 0.1) is 26.2 Å². The summed E-state index contributed by atoms with van der Waals surface area (Å²) in [5.41, 5.74) is 0. The largest absolute Gasteiger partial charge is 0.493 e. The minimum atomic E-state index is 0.117. The van der Waals surface area contributed by atoms with Crippen molar-refractivity contribution in [2.24, 2.45) is 11.8 Å². The van der Waals surface area contributed by atoms with Gasteiger partial charge in [-0.25, -0.2) is 0 Å². The first kappa shape index (κ1) is 19.1. The molecule has 0 aromatic heterocycles. The van der Waals surface area contributed by atoms with Gasteiger partial charge in [-0.05, 0) is 30.4 Å². The summed E-state index contributed by atoms with van der Waals surface area (Å²) in [5.74, 6) is 1.50. The van der Waals surface area contributed by atoms with Crippen molar-refractivity contribution < 1.29 is 19.4 Å². The van der Waals surface area contributed by atoms with Crippen molar-refractivity contribution in [2.45, 2.75) is 12.8 Å².